The van der Waals surface area contributed by atoms with Crippen LogP contribution < -0.4 is 5.56 Å². The number of rotatable bonds is 3. The molecule has 10 heteroatoms. The van der Waals surface area contributed by atoms with Gasteiger partial charge in [0.2, 0.25) is 0 Å². The van der Waals surface area contributed by atoms with Crippen molar-refractivity contribution >= 4 is 16.7 Å². The number of carbonyl (C=O) groups excluding carboxylic acids is 1. The van der Waals surface area contributed by atoms with Crippen molar-refractivity contribution in [3.63, 3.8) is 0 Å². The van der Waals surface area contributed by atoms with Crippen molar-refractivity contribution in [2.24, 2.45) is 0 Å². The van der Waals surface area contributed by atoms with Crippen molar-refractivity contribution in [3.8, 4) is 33.7 Å². The van der Waals surface area contributed by atoms with E-state index in [1.54, 1.807) is 36.4 Å². The Balaban J connectivity index is 0.00000161. The summed E-state index contributed by atoms with van der Waals surface area (Å²) >= 11 is 0. The second-order valence-electron chi connectivity index (χ2n) is 10.2. The molecule has 0 spiro atoms. The number of hydrogen-bond donors (Lipinski definition) is 1. The number of carbonyl (C=O) groups is 1. The Hall–Kier alpha value is -3.15. The number of aromatic nitrogens is 1. The van der Waals surface area contributed by atoms with E-state index in [2.05, 4.69) is 0 Å². The Labute approximate surface area is 279 Å². The molecule has 217 valence electrons. The van der Waals surface area contributed by atoms with Crippen LogP contribution >= 0.6 is 0 Å². The fourth-order valence-electron chi connectivity index (χ4n) is 5.68. The summed E-state index contributed by atoms with van der Waals surface area (Å²) in [5, 5.41) is 11.1. The maximum Gasteiger partial charge on any atom is 0.455 e. The van der Waals surface area contributed by atoms with Crippen LogP contribution in [-0.2, 0) is 5.41 Å². The van der Waals surface area contributed by atoms with Gasteiger partial charge < -0.3 is 16.1 Å². The third-order valence-electron chi connectivity index (χ3n) is 7.56. The largest absolute Gasteiger partial charge is 0.506 e. The maximum absolute atomic E-state index is 13.8. The van der Waals surface area contributed by atoms with Crippen LogP contribution in [0, 0.1) is 49.4 Å². The zero-order chi connectivity index (χ0) is 27.7. The van der Waals surface area contributed by atoms with Crippen LogP contribution in [0.25, 0.3) is 38.8 Å². The first-order valence-electron chi connectivity index (χ1n) is 12.3. The number of para-hydroxylation sites is 1. The van der Waals surface area contributed by atoms with Crippen molar-refractivity contribution in [2.75, 3.05) is 0 Å². The molecule has 5 aromatic rings. The van der Waals surface area contributed by atoms with Crippen LogP contribution in [-0.4, -0.2) is 32.6 Å². The fourth-order valence-corrected chi connectivity index (χ4v) is 5.68. The van der Waals surface area contributed by atoms with E-state index in [4.69, 9.17) is 0 Å². The van der Waals surface area contributed by atoms with Crippen molar-refractivity contribution in [1.82, 2.24) is 4.57 Å². The zero-order valence-corrected chi connectivity index (χ0v) is 24.8. The number of ketones is 1. The molecule has 0 fully saturated rings. The quantitative estimate of drug-likeness (QED) is 0.239. The van der Waals surface area contributed by atoms with Gasteiger partial charge in [-0.05, 0) is 46.0 Å². The van der Waals surface area contributed by atoms with Crippen LogP contribution in [0.1, 0.15) is 35.3 Å². The average Bonchev–Trinajstić information content (AvgIpc) is 3.14. The number of alkyl halides is 3. The topological polar surface area (TPSA) is 122 Å². The Morgan fingerprint density at radius 3 is 2.00 bits per heavy atom. The normalized spacial score (nSPS) is 12.8. The maximum atomic E-state index is 13.8. The molecule has 0 unspecified atom stereocenters. The molecule has 1 radical (unpaired) electrons. The van der Waals surface area contributed by atoms with Crippen LogP contribution in [0.3, 0.4) is 0 Å². The SMILES string of the molecule is CC1(C)c2ccccc2-c2cc3c(O)c(C(=O)C(F)(F)F)c(=O)n(-c4ccccc4-c4ccccc4)c3cc21.O.O.[Eu]. The van der Waals surface area contributed by atoms with Crippen molar-refractivity contribution in [3.05, 3.63) is 118 Å². The van der Waals surface area contributed by atoms with Gasteiger partial charge in [0.15, 0.2) is 0 Å². The van der Waals surface area contributed by atoms with E-state index >= 15 is 0 Å². The minimum atomic E-state index is -5.35. The van der Waals surface area contributed by atoms with Crippen molar-refractivity contribution in [2.45, 2.75) is 25.4 Å². The van der Waals surface area contributed by atoms with E-state index in [-0.39, 0.29) is 71.2 Å². The van der Waals surface area contributed by atoms with Gasteiger partial charge in [0.1, 0.15) is 11.3 Å². The first kappa shape index (κ1) is 33.4. The van der Waals surface area contributed by atoms with Gasteiger partial charge in [-0.1, -0.05) is 86.6 Å². The molecule has 6 nitrogen and oxygen atoms in total. The summed E-state index contributed by atoms with van der Waals surface area (Å²) in [4.78, 5) is 26.4. The number of pyridine rings is 1. The Kier molecular flexibility index (Phi) is 9.42. The second-order valence-corrected chi connectivity index (χ2v) is 10.2. The minimum Gasteiger partial charge on any atom is -0.506 e. The predicted octanol–water partition coefficient (Wildman–Crippen LogP) is 5.77. The summed E-state index contributed by atoms with van der Waals surface area (Å²) in [7, 11) is 0. The first-order valence-corrected chi connectivity index (χ1v) is 12.3. The number of fused-ring (bicyclic) bond motifs is 4. The molecule has 0 aliphatic heterocycles. The molecular formula is C32H26EuF3NO5. The third-order valence-corrected chi connectivity index (χ3v) is 7.56. The molecule has 6 rings (SSSR count). The molecule has 0 saturated carbocycles. The summed E-state index contributed by atoms with van der Waals surface area (Å²) in [5.74, 6) is -3.37. The molecule has 0 atom stereocenters. The number of Topliss-reactive ketones (excluding diaryl/α,β-unsaturated/α-hetero) is 1. The van der Waals surface area contributed by atoms with Crippen LogP contribution in [0.2, 0.25) is 0 Å². The molecule has 1 aliphatic carbocycles. The van der Waals surface area contributed by atoms with E-state index in [1.165, 1.54) is 0 Å². The standard InChI is InChI=1S/C32H22F3NO3.Eu.2H2O/c1-31(2)23-14-8-6-13-20(23)21-16-22-26(17-24(21)31)36(30(39)27(28(22)37)29(38)32(33,34)35)25-15-9-7-12-19(25)18-10-4-3-5-11-18;;;/h3-17,37H,1-2H3;;2*1H2. The number of halogens is 3. The molecule has 1 aromatic heterocycles. The Bertz CT molecular complexity index is 1880. The number of hydrogen-bond acceptors (Lipinski definition) is 3. The van der Waals surface area contributed by atoms with Crippen LogP contribution in [0.4, 0.5) is 13.2 Å². The summed E-state index contributed by atoms with van der Waals surface area (Å²) in [5.41, 5.74) is 2.28. The van der Waals surface area contributed by atoms with Crippen molar-refractivity contribution in [1.29, 1.82) is 0 Å². The summed E-state index contributed by atoms with van der Waals surface area (Å²) in [6, 6.07) is 26.9. The van der Waals surface area contributed by atoms with Gasteiger partial charge in [0.25, 0.3) is 11.3 Å². The molecule has 0 amide bonds. The van der Waals surface area contributed by atoms with Crippen LogP contribution in [0.15, 0.2) is 95.8 Å². The monoisotopic (exact) mass is 714 g/mol. The van der Waals surface area contributed by atoms with Gasteiger partial charge >= 0.3 is 6.18 Å². The molecule has 0 bridgehead atoms. The molecular weight excluding hydrogens is 687 g/mol. The van der Waals surface area contributed by atoms with Gasteiger partial charge in [-0.25, -0.2) is 0 Å². The van der Waals surface area contributed by atoms with E-state index < -0.39 is 34.2 Å². The molecule has 0 saturated heterocycles. The van der Waals surface area contributed by atoms with E-state index in [9.17, 15) is 27.9 Å². The van der Waals surface area contributed by atoms with E-state index in [0.29, 0.717) is 11.3 Å². The summed E-state index contributed by atoms with van der Waals surface area (Å²) < 4.78 is 42.2. The predicted molar refractivity (Wildman–Crippen MR) is 152 cm³/mol. The molecule has 1 heterocycles. The van der Waals surface area contributed by atoms with Gasteiger partial charge in [-0.15, -0.1) is 0 Å². The van der Waals surface area contributed by atoms with Gasteiger partial charge in [-0.2, -0.15) is 13.2 Å². The number of aromatic hydroxyl groups is 1. The molecule has 1 aliphatic rings. The Morgan fingerprint density at radius 1 is 0.786 bits per heavy atom. The fraction of sp³-hybridized carbons (Fsp3) is 0.125. The molecule has 4 aromatic carbocycles. The van der Waals surface area contributed by atoms with Crippen LogP contribution in [0.5, 0.6) is 5.75 Å². The van der Waals surface area contributed by atoms with Gasteiger partial charge in [-0.3, -0.25) is 14.2 Å². The third kappa shape index (κ3) is 5.05. The second kappa shape index (κ2) is 11.9. The zero-order valence-electron chi connectivity index (χ0n) is 22.4. The smallest absolute Gasteiger partial charge is 0.455 e. The summed E-state index contributed by atoms with van der Waals surface area (Å²) in [6.45, 7) is 4.07. The first-order chi connectivity index (χ1) is 18.5. The summed E-state index contributed by atoms with van der Waals surface area (Å²) in [6.07, 6.45) is -5.35. The van der Waals surface area contributed by atoms with Crippen molar-refractivity contribution < 1.29 is 83.4 Å². The van der Waals surface area contributed by atoms with E-state index in [1.807, 2.05) is 68.4 Å². The Morgan fingerprint density at radius 2 is 1.36 bits per heavy atom. The van der Waals surface area contributed by atoms with Gasteiger partial charge in [0, 0.05) is 65.7 Å². The minimum absolute atomic E-state index is 0. The number of benzene rings is 4. The van der Waals surface area contributed by atoms with E-state index in [0.717, 1.165) is 32.4 Å². The van der Waals surface area contributed by atoms with Gasteiger partial charge in [0.05, 0.1) is 11.2 Å². The number of nitrogens with zero attached hydrogens (tertiary/aromatic N) is 1. The molecule has 5 N–H and O–H groups in total. The average molecular weight is 714 g/mol. The molecule has 42 heavy (non-hydrogen) atoms.